The highest BCUT2D eigenvalue weighted by atomic mass is 16.3. The van der Waals surface area contributed by atoms with Crippen LogP contribution in [0.3, 0.4) is 0 Å². The van der Waals surface area contributed by atoms with Crippen LogP contribution in [-0.2, 0) is 11.0 Å². The molecule has 8 rings (SSSR count). The molecule has 0 N–H and O–H groups in total. The Morgan fingerprint density at radius 3 is 2.29 bits per heavy atom. The average molecular weight is 642 g/mol. The minimum atomic E-state index is -0.0460. The van der Waals surface area contributed by atoms with Gasteiger partial charge in [-0.05, 0) is 105 Å². The van der Waals surface area contributed by atoms with Crippen molar-refractivity contribution in [3.05, 3.63) is 83.7 Å². The number of imidazole rings is 1. The second-order valence-corrected chi connectivity index (χ2v) is 16.1. The predicted molar refractivity (Wildman–Crippen MR) is 200 cm³/mol. The van der Waals surface area contributed by atoms with Gasteiger partial charge in [0.2, 0.25) is 0 Å². The van der Waals surface area contributed by atoms with Crippen LogP contribution in [0.1, 0.15) is 153 Å². The predicted octanol–water partition coefficient (Wildman–Crippen LogP) is 12.6. The van der Waals surface area contributed by atoms with Crippen LogP contribution in [0.5, 0.6) is 0 Å². The number of hydrogen-bond donors (Lipinski definition) is 0. The Bertz CT molecular complexity index is 1930. The summed E-state index contributed by atoms with van der Waals surface area (Å²) in [5.74, 6) is 3.37. The Balaban J connectivity index is 1.40. The fraction of sp³-hybridized carbons (Fsp3) is 0.533. The zero-order valence-electron chi connectivity index (χ0n) is 30.3. The molecule has 2 aromatic heterocycles. The Morgan fingerprint density at radius 2 is 1.54 bits per heavy atom. The van der Waals surface area contributed by atoms with E-state index in [4.69, 9.17) is 4.42 Å². The molecule has 48 heavy (non-hydrogen) atoms. The van der Waals surface area contributed by atoms with Crippen molar-refractivity contribution in [3.63, 3.8) is 0 Å². The number of unbranched alkanes of at least 4 members (excludes halogenated alkanes) is 1. The molecule has 0 radical (unpaired) electrons. The lowest BCUT2D eigenvalue weighted by Crippen LogP contribution is -2.67. The molecule has 2 fully saturated rings. The van der Waals surface area contributed by atoms with E-state index >= 15 is 0 Å². The normalized spacial score (nSPS) is 26.2. The van der Waals surface area contributed by atoms with Crippen molar-refractivity contribution in [1.82, 2.24) is 4.57 Å². The molecule has 2 unspecified atom stereocenters. The maximum absolute atomic E-state index is 7.02. The number of aromatic nitrogens is 2. The number of rotatable bonds is 8. The first kappa shape index (κ1) is 31.9. The van der Waals surface area contributed by atoms with E-state index in [1.165, 1.54) is 116 Å². The summed E-state index contributed by atoms with van der Waals surface area (Å²) in [6.07, 6.45) is 23.0. The molecular weight excluding hydrogens is 585 g/mol. The summed E-state index contributed by atoms with van der Waals surface area (Å²) in [5.41, 5.74) is 9.46. The maximum atomic E-state index is 7.02. The molecule has 252 valence electrons. The second kappa shape index (κ2) is 12.5. The quantitative estimate of drug-likeness (QED) is 0.155. The smallest absolute Gasteiger partial charge is 0.294 e. The molecule has 0 bridgehead atoms. The minimum Gasteiger partial charge on any atom is -0.456 e. The number of para-hydroxylation sites is 1. The summed E-state index contributed by atoms with van der Waals surface area (Å²) in [4.78, 5) is 0. The van der Waals surface area contributed by atoms with Crippen molar-refractivity contribution in [3.8, 4) is 17.1 Å². The van der Waals surface area contributed by atoms with Gasteiger partial charge in [0.1, 0.15) is 34.8 Å². The molecule has 0 spiro atoms. The van der Waals surface area contributed by atoms with Gasteiger partial charge in [0.15, 0.2) is 0 Å². The van der Waals surface area contributed by atoms with Gasteiger partial charge in [-0.2, -0.15) is 4.57 Å². The van der Waals surface area contributed by atoms with E-state index in [0.717, 1.165) is 29.9 Å². The number of fused-ring (bicyclic) bond motifs is 6. The molecule has 2 atom stereocenters. The zero-order valence-corrected chi connectivity index (χ0v) is 30.3. The number of furan rings is 1. The van der Waals surface area contributed by atoms with Gasteiger partial charge >= 0.3 is 0 Å². The van der Waals surface area contributed by atoms with Gasteiger partial charge in [-0.25, -0.2) is 4.57 Å². The first-order valence-electron chi connectivity index (χ1n) is 19.6. The molecular formula is C45H57N2O+. The van der Waals surface area contributed by atoms with Crippen LogP contribution >= 0.6 is 0 Å². The van der Waals surface area contributed by atoms with Crippen molar-refractivity contribution < 1.29 is 8.98 Å². The van der Waals surface area contributed by atoms with E-state index in [1.807, 2.05) is 0 Å². The molecule has 3 heterocycles. The van der Waals surface area contributed by atoms with Crippen LogP contribution in [0.15, 0.2) is 71.4 Å². The Kier molecular flexibility index (Phi) is 8.33. The highest BCUT2D eigenvalue weighted by Crippen LogP contribution is 2.52. The van der Waals surface area contributed by atoms with Crippen LogP contribution in [0.4, 0.5) is 0 Å². The fourth-order valence-corrected chi connectivity index (χ4v) is 10.5. The van der Waals surface area contributed by atoms with Gasteiger partial charge in [0, 0.05) is 16.4 Å². The zero-order chi connectivity index (χ0) is 33.0. The molecule has 3 nitrogen and oxygen atoms in total. The molecule has 0 amide bonds. The van der Waals surface area contributed by atoms with Gasteiger partial charge < -0.3 is 4.42 Å². The Hall–Kier alpha value is -3.33. The molecule has 2 aliphatic carbocycles. The first-order valence-corrected chi connectivity index (χ1v) is 19.6. The standard InChI is InChI=1S/C45H57N2O/c1-6-9-17-31-24-26-33(27-25-31)37-30-36(32-18-11-10-12-19-32)41(40-35-21-14-16-23-39(35)48-42(37)40)46-28-29-47-43(46)34-20-13-15-22-38(34)44(4,7-2)45(47,5)8-3/h13-16,20-23,28-33H,6-12,17-19,24-27H2,1-5H3/q+1. The molecule has 3 aromatic carbocycles. The molecule has 1 aliphatic heterocycles. The third kappa shape index (κ3) is 4.77. The van der Waals surface area contributed by atoms with E-state index < -0.39 is 0 Å². The summed E-state index contributed by atoms with van der Waals surface area (Å²) in [6, 6.07) is 20.9. The SMILES string of the molecule is CCCCC1CCC(c2cc(C3CCCCC3)c(-n3cc[n+]4c3-c3ccccc3C(C)(CC)C4(C)CC)c3c2oc2ccccc23)CC1. The topological polar surface area (TPSA) is 21.9 Å². The van der Waals surface area contributed by atoms with Crippen molar-refractivity contribution in [2.75, 3.05) is 0 Å². The van der Waals surface area contributed by atoms with Crippen molar-refractivity contribution in [2.45, 2.75) is 147 Å². The van der Waals surface area contributed by atoms with Crippen LogP contribution in [0.25, 0.3) is 39.0 Å². The second-order valence-electron chi connectivity index (χ2n) is 16.1. The fourth-order valence-electron chi connectivity index (χ4n) is 10.5. The monoisotopic (exact) mass is 641 g/mol. The molecule has 5 aromatic rings. The Labute approximate surface area is 288 Å². The van der Waals surface area contributed by atoms with Gasteiger partial charge in [0.05, 0.1) is 10.9 Å². The van der Waals surface area contributed by atoms with Crippen LogP contribution in [0, 0.1) is 5.92 Å². The van der Waals surface area contributed by atoms with Crippen molar-refractivity contribution in [1.29, 1.82) is 0 Å². The van der Waals surface area contributed by atoms with Gasteiger partial charge in [-0.1, -0.05) is 103 Å². The average Bonchev–Trinajstić information content (AvgIpc) is 3.76. The minimum absolute atomic E-state index is 0.0336. The molecule has 3 heteroatoms. The highest BCUT2D eigenvalue weighted by molar-refractivity contribution is 6.11. The lowest BCUT2D eigenvalue weighted by atomic mass is 9.61. The summed E-state index contributed by atoms with van der Waals surface area (Å²) in [5, 5.41) is 2.61. The summed E-state index contributed by atoms with van der Waals surface area (Å²) < 4.78 is 12.3. The third-order valence-electron chi connectivity index (χ3n) is 13.9. The van der Waals surface area contributed by atoms with Gasteiger partial charge in [-0.15, -0.1) is 0 Å². The molecule has 2 saturated carbocycles. The molecule has 3 aliphatic rings. The summed E-state index contributed by atoms with van der Waals surface area (Å²) in [6.45, 7) is 12.1. The lowest BCUT2D eigenvalue weighted by Gasteiger charge is -2.47. The van der Waals surface area contributed by atoms with Crippen molar-refractivity contribution in [2.24, 2.45) is 5.92 Å². The van der Waals surface area contributed by atoms with Crippen LogP contribution in [-0.4, -0.2) is 4.57 Å². The van der Waals surface area contributed by atoms with Crippen LogP contribution in [0.2, 0.25) is 0 Å². The highest BCUT2D eigenvalue weighted by Gasteiger charge is 2.55. The van der Waals surface area contributed by atoms with E-state index in [-0.39, 0.29) is 11.0 Å². The third-order valence-corrected chi connectivity index (χ3v) is 13.9. The van der Waals surface area contributed by atoms with E-state index in [9.17, 15) is 0 Å². The lowest BCUT2D eigenvalue weighted by molar-refractivity contribution is -0.764. The van der Waals surface area contributed by atoms with Crippen LogP contribution < -0.4 is 4.57 Å². The summed E-state index contributed by atoms with van der Waals surface area (Å²) >= 11 is 0. The largest absolute Gasteiger partial charge is 0.456 e. The van der Waals surface area contributed by atoms with Crippen molar-refractivity contribution >= 4 is 21.9 Å². The maximum Gasteiger partial charge on any atom is 0.294 e. The van der Waals surface area contributed by atoms with E-state index in [0.29, 0.717) is 11.8 Å². The van der Waals surface area contributed by atoms with Gasteiger partial charge in [-0.3, -0.25) is 0 Å². The van der Waals surface area contributed by atoms with E-state index in [1.54, 1.807) is 5.56 Å². The number of hydrogen-bond acceptors (Lipinski definition) is 1. The number of benzene rings is 3. The summed E-state index contributed by atoms with van der Waals surface area (Å²) in [7, 11) is 0. The Morgan fingerprint density at radius 1 is 0.812 bits per heavy atom. The molecule has 0 saturated heterocycles. The number of nitrogens with zero attached hydrogens (tertiary/aromatic N) is 2. The first-order chi connectivity index (χ1) is 23.4. The van der Waals surface area contributed by atoms with Gasteiger partial charge in [0.25, 0.3) is 5.82 Å². The van der Waals surface area contributed by atoms with E-state index in [2.05, 4.69) is 111 Å².